The van der Waals surface area contributed by atoms with Crippen molar-refractivity contribution in [2.24, 2.45) is 0 Å². The molecular weight excluding hydrogens is 1060 g/mol. The summed E-state index contributed by atoms with van der Waals surface area (Å²) in [6, 6.07) is 104. The highest BCUT2D eigenvalue weighted by Gasteiger charge is 2.27. The lowest BCUT2D eigenvalue weighted by atomic mass is 9.85. The molecule has 0 aliphatic carbocycles. The Labute approximate surface area is 518 Å². The summed E-state index contributed by atoms with van der Waals surface area (Å²) in [7, 11) is 0. The van der Waals surface area contributed by atoms with Crippen LogP contribution in [0.25, 0.3) is 54.6 Å². The third-order valence-corrected chi connectivity index (χ3v) is 17.5. The van der Waals surface area contributed by atoms with E-state index >= 15 is 0 Å². The zero-order valence-corrected chi connectivity index (χ0v) is 51.3. The first-order valence-corrected chi connectivity index (χ1v) is 30.6. The summed E-state index contributed by atoms with van der Waals surface area (Å²) in [4.78, 5) is 9.67. The van der Waals surface area contributed by atoms with Gasteiger partial charge in [-0.05, 0) is 222 Å². The van der Waals surface area contributed by atoms with Crippen LogP contribution < -0.4 is 19.6 Å². The van der Waals surface area contributed by atoms with Gasteiger partial charge in [0.2, 0.25) is 0 Å². The molecule has 0 atom stereocenters. The first kappa shape index (κ1) is 55.2. The number of hydrogen-bond donors (Lipinski definition) is 0. The molecule has 14 aromatic carbocycles. The van der Waals surface area contributed by atoms with Crippen LogP contribution >= 0.6 is 0 Å². The molecule has 0 amide bonds. The maximum atomic E-state index is 2.47. The third kappa shape index (κ3) is 10.5. The fourth-order valence-electron chi connectivity index (χ4n) is 12.7. The molecule has 426 valence electrons. The molecule has 0 aliphatic rings. The van der Waals surface area contributed by atoms with E-state index in [1.54, 1.807) is 0 Å². The van der Waals surface area contributed by atoms with E-state index in [1.807, 2.05) is 0 Å². The summed E-state index contributed by atoms with van der Waals surface area (Å²) in [5.41, 5.74) is 27.5. The average Bonchev–Trinajstić information content (AvgIpc) is 0.808. The number of nitrogens with zero attached hydrogens (tertiary/aromatic N) is 4. The van der Waals surface area contributed by atoms with Crippen molar-refractivity contribution in [3.8, 4) is 22.3 Å². The number of benzene rings is 14. The van der Waals surface area contributed by atoms with Crippen LogP contribution in [-0.2, 0) is 0 Å². The van der Waals surface area contributed by atoms with Gasteiger partial charge in [0.25, 0.3) is 0 Å². The number of hydrogen-bond acceptors (Lipinski definition) is 4. The van der Waals surface area contributed by atoms with Crippen molar-refractivity contribution in [1.29, 1.82) is 0 Å². The van der Waals surface area contributed by atoms with Gasteiger partial charge in [-0.2, -0.15) is 0 Å². The van der Waals surface area contributed by atoms with Gasteiger partial charge in [-0.3, -0.25) is 0 Å². The summed E-state index contributed by atoms with van der Waals surface area (Å²) in [6.45, 7) is 17.3. The summed E-state index contributed by atoms with van der Waals surface area (Å²) in [5.74, 6) is 0. The van der Waals surface area contributed by atoms with E-state index in [9.17, 15) is 0 Å². The molecule has 88 heavy (non-hydrogen) atoms. The second-order valence-electron chi connectivity index (χ2n) is 24.1. The van der Waals surface area contributed by atoms with Crippen LogP contribution in [0.5, 0.6) is 0 Å². The van der Waals surface area contributed by atoms with Gasteiger partial charge < -0.3 is 19.6 Å². The van der Waals surface area contributed by atoms with Crippen molar-refractivity contribution >= 4 is 101 Å². The minimum atomic E-state index is 1.09. The molecular formula is C84H70N4. The Morgan fingerprint density at radius 2 is 0.341 bits per heavy atom. The minimum Gasteiger partial charge on any atom is -0.311 e. The van der Waals surface area contributed by atoms with Crippen LogP contribution in [0.4, 0.5) is 68.2 Å². The molecule has 0 heterocycles. The Morgan fingerprint density at radius 1 is 0.170 bits per heavy atom. The van der Waals surface area contributed by atoms with Crippen LogP contribution in [0.1, 0.15) is 44.5 Å². The molecule has 0 unspecified atom stereocenters. The normalized spacial score (nSPS) is 11.4. The molecule has 14 rings (SSSR count). The minimum absolute atomic E-state index is 1.09. The largest absolute Gasteiger partial charge is 0.311 e. The van der Waals surface area contributed by atoms with E-state index in [-0.39, 0.29) is 0 Å². The Bertz CT molecular complexity index is 4290. The first-order valence-electron chi connectivity index (χ1n) is 30.6. The molecule has 0 radical (unpaired) electrons. The van der Waals surface area contributed by atoms with Gasteiger partial charge >= 0.3 is 0 Å². The van der Waals surface area contributed by atoms with Crippen LogP contribution in [0, 0.1) is 55.4 Å². The summed E-state index contributed by atoms with van der Waals surface area (Å²) < 4.78 is 0. The first-order chi connectivity index (χ1) is 42.9. The highest BCUT2D eigenvalue weighted by Crippen LogP contribution is 2.53. The second kappa shape index (κ2) is 23.0. The Balaban J connectivity index is 1.05. The SMILES string of the molecule is Cc1ccc(N(c2ccc(C)cc2)c2ccc(-c3cc(N(c4ccc(C)cc4)c4ccc(C)cc4)c4ccc5c(-c6ccc(N(c7ccc(C)cc7)c7ccc(C)cc7)cc6)cc(N(c6ccc(C)cc6)c6ccc(C)cc6)c6ccc3c4c56)cc2)cc1. The number of anilines is 12. The average molecular weight is 1140 g/mol. The lowest BCUT2D eigenvalue weighted by Gasteiger charge is -2.31. The molecule has 14 aromatic rings. The zero-order chi connectivity index (χ0) is 60.2. The predicted molar refractivity (Wildman–Crippen MR) is 378 cm³/mol. The topological polar surface area (TPSA) is 13.0 Å². The Hall–Kier alpha value is -10.7. The molecule has 0 aliphatic heterocycles. The molecule has 0 saturated carbocycles. The van der Waals surface area contributed by atoms with Gasteiger partial charge in [0.1, 0.15) is 0 Å². The molecule has 0 spiro atoms. The molecule has 0 saturated heterocycles. The van der Waals surface area contributed by atoms with Gasteiger partial charge in [-0.15, -0.1) is 0 Å². The van der Waals surface area contributed by atoms with Crippen LogP contribution in [0.15, 0.2) is 279 Å². The third-order valence-electron chi connectivity index (χ3n) is 17.5. The fraction of sp³-hybridized carbons (Fsp3) is 0.0952. The van der Waals surface area contributed by atoms with E-state index in [4.69, 9.17) is 0 Å². The molecule has 0 bridgehead atoms. The van der Waals surface area contributed by atoms with E-state index in [0.717, 1.165) is 90.5 Å². The summed E-state index contributed by atoms with van der Waals surface area (Å²) >= 11 is 0. The van der Waals surface area contributed by atoms with Crippen molar-refractivity contribution in [3.63, 3.8) is 0 Å². The van der Waals surface area contributed by atoms with Crippen molar-refractivity contribution in [1.82, 2.24) is 0 Å². The number of rotatable bonds is 14. The molecule has 4 heteroatoms. The van der Waals surface area contributed by atoms with Gasteiger partial charge in [0.15, 0.2) is 0 Å². The van der Waals surface area contributed by atoms with Crippen molar-refractivity contribution < 1.29 is 0 Å². The second-order valence-corrected chi connectivity index (χ2v) is 24.1. The smallest absolute Gasteiger partial charge is 0.0546 e. The standard InChI is InChI=1S/C84H70N4/c1-55-9-29-65(30-10-55)85(66-31-11-56(2)12-32-66)69-45-25-63(26-46-69)79-53-81(87(71-37-17-59(5)18-38-71)72-39-19-60(6)20-40-72)77-52-50-76-80(64-27-47-70(48-28-64)86(67-33-13-57(3)14-34-67)68-35-15-58(4)16-36-68)54-82(78-51-49-75(79)83(77)84(76)78)88(73-41-21-61(7)22-42-73)74-43-23-62(8)24-44-74/h9-54H,1-8H3. The maximum absolute atomic E-state index is 2.47. The highest BCUT2D eigenvalue weighted by atomic mass is 15.2. The Kier molecular flexibility index (Phi) is 14.4. The van der Waals surface area contributed by atoms with Crippen LogP contribution in [0.3, 0.4) is 0 Å². The monoisotopic (exact) mass is 1130 g/mol. The van der Waals surface area contributed by atoms with Crippen LogP contribution in [0.2, 0.25) is 0 Å². The van der Waals surface area contributed by atoms with E-state index in [0.29, 0.717) is 0 Å². The van der Waals surface area contributed by atoms with E-state index in [1.165, 1.54) is 76.8 Å². The summed E-state index contributed by atoms with van der Waals surface area (Å²) in [6.07, 6.45) is 0. The molecule has 0 fully saturated rings. The zero-order valence-electron chi connectivity index (χ0n) is 51.3. The van der Waals surface area contributed by atoms with Gasteiger partial charge in [-0.1, -0.05) is 190 Å². The van der Waals surface area contributed by atoms with Gasteiger partial charge in [0, 0.05) is 78.4 Å². The van der Waals surface area contributed by atoms with Gasteiger partial charge in [0.05, 0.1) is 11.4 Å². The van der Waals surface area contributed by atoms with Crippen molar-refractivity contribution in [3.05, 3.63) is 324 Å². The van der Waals surface area contributed by atoms with Crippen molar-refractivity contribution in [2.45, 2.75) is 55.4 Å². The number of aryl methyl sites for hydroxylation is 8. The van der Waals surface area contributed by atoms with E-state index < -0.39 is 0 Å². The fourth-order valence-corrected chi connectivity index (χ4v) is 12.7. The molecule has 4 nitrogen and oxygen atoms in total. The predicted octanol–water partition coefficient (Wildman–Crippen LogP) is 24.3. The molecule has 0 aromatic heterocycles. The van der Waals surface area contributed by atoms with Crippen LogP contribution in [-0.4, -0.2) is 0 Å². The van der Waals surface area contributed by atoms with Gasteiger partial charge in [-0.25, -0.2) is 0 Å². The lowest BCUT2D eigenvalue weighted by Crippen LogP contribution is -2.12. The van der Waals surface area contributed by atoms with E-state index in [2.05, 4.69) is 354 Å². The summed E-state index contributed by atoms with van der Waals surface area (Å²) in [5, 5.41) is 7.15. The Morgan fingerprint density at radius 3 is 0.545 bits per heavy atom. The maximum Gasteiger partial charge on any atom is 0.0546 e. The highest BCUT2D eigenvalue weighted by molar-refractivity contribution is 6.32. The quantitative estimate of drug-likeness (QED) is 0.101. The lowest BCUT2D eigenvalue weighted by molar-refractivity contribution is 1.27. The molecule has 0 N–H and O–H groups in total. The van der Waals surface area contributed by atoms with Crippen molar-refractivity contribution in [2.75, 3.05) is 19.6 Å².